The molecule has 0 saturated heterocycles. The number of hydrogen-bond acceptors (Lipinski definition) is 3. The molecule has 3 nitrogen and oxygen atoms in total. The van der Waals surface area contributed by atoms with Crippen LogP contribution in [0.25, 0.3) is 0 Å². The summed E-state index contributed by atoms with van der Waals surface area (Å²) >= 11 is 5.96. The summed E-state index contributed by atoms with van der Waals surface area (Å²) in [7, 11) is 1.54. The molecule has 0 aliphatic carbocycles. The lowest BCUT2D eigenvalue weighted by Crippen LogP contribution is -2.00. The highest BCUT2D eigenvalue weighted by Crippen LogP contribution is 2.30. The molecule has 0 radical (unpaired) electrons. The zero-order chi connectivity index (χ0) is 13.8. The van der Waals surface area contributed by atoms with E-state index in [9.17, 15) is 4.39 Å². The lowest BCUT2D eigenvalue weighted by atomic mass is 10.2. The van der Waals surface area contributed by atoms with Crippen molar-refractivity contribution in [1.29, 1.82) is 0 Å². The fraction of sp³-hybridized carbons (Fsp3) is 0.143. The van der Waals surface area contributed by atoms with Gasteiger partial charge in [-0.25, -0.2) is 4.39 Å². The van der Waals surface area contributed by atoms with Gasteiger partial charge in [0.2, 0.25) is 0 Å². The van der Waals surface area contributed by atoms with Crippen LogP contribution in [0.15, 0.2) is 36.4 Å². The van der Waals surface area contributed by atoms with Crippen LogP contribution in [0, 0.1) is 5.82 Å². The van der Waals surface area contributed by atoms with Gasteiger partial charge in [-0.15, -0.1) is 0 Å². The van der Waals surface area contributed by atoms with Gasteiger partial charge in [0.15, 0.2) is 11.5 Å². The molecule has 19 heavy (non-hydrogen) atoms. The summed E-state index contributed by atoms with van der Waals surface area (Å²) in [4.78, 5) is 0. The molecule has 0 spiro atoms. The second kappa shape index (κ2) is 5.80. The Morgan fingerprint density at radius 1 is 1.16 bits per heavy atom. The SMILES string of the molecule is COc1ccc(N)cc1OCc1cc(F)ccc1Cl. The Morgan fingerprint density at radius 3 is 2.68 bits per heavy atom. The minimum Gasteiger partial charge on any atom is -0.493 e. The van der Waals surface area contributed by atoms with Crippen LogP contribution in [0.5, 0.6) is 11.5 Å². The van der Waals surface area contributed by atoms with Gasteiger partial charge in [0.05, 0.1) is 7.11 Å². The van der Waals surface area contributed by atoms with Gasteiger partial charge in [0, 0.05) is 22.3 Å². The lowest BCUT2D eigenvalue weighted by Gasteiger charge is -2.12. The first-order valence-corrected chi connectivity index (χ1v) is 5.98. The van der Waals surface area contributed by atoms with Crippen molar-refractivity contribution in [2.75, 3.05) is 12.8 Å². The first kappa shape index (κ1) is 13.5. The molecule has 0 aromatic heterocycles. The molecule has 0 saturated carbocycles. The summed E-state index contributed by atoms with van der Waals surface area (Å²) in [5, 5.41) is 0.448. The van der Waals surface area contributed by atoms with E-state index in [4.69, 9.17) is 26.8 Å². The second-order valence-corrected chi connectivity index (χ2v) is 4.34. The van der Waals surface area contributed by atoms with Crippen LogP contribution in [0.4, 0.5) is 10.1 Å². The van der Waals surface area contributed by atoms with E-state index in [1.54, 1.807) is 18.2 Å². The molecular formula is C14H13ClFNO2. The average Bonchev–Trinajstić information content (AvgIpc) is 2.40. The maximum Gasteiger partial charge on any atom is 0.163 e. The monoisotopic (exact) mass is 281 g/mol. The zero-order valence-electron chi connectivity index (χ0n) is 10.3. The van der Waals surface area contributed by atoms with Gasteiger partial charge in [-0.2, -0.15) is 0 Å². The first-order valence-electron chi connectivity index (χ1n) is 5.60. The van der Waals surface area contributed by atoms with Gasteiger partial charge in [-0.1, -0.05) is 11.6 Å². The summed E-state index contributed by atoms with van der Waals surface area (Å²) in [5.74, 6) is 0.687. The van der Waals surface area contributed by atoms with E-state index in [0.29, 0.717) is 27.8 Å². The van der Waals surface area contributed by atoms with Gasteiger partial charge >= 0.3 is 0 Å². The molecule has 100 valence electrons. The van der Waals surface area contributed by atoms with E-state index >= 15 is 0 Å². The highest BCUT2D eigenvalue weighted by Gasteiger charge is 2.07. The normalized spacial score (nSPS) is 10.3. The molecule has 0 bridgehead atoms. The summed E-state index contributed by atoms with van der Waals surface area (Å²) in [6, 6.07) is 9.19. The van der Waals surface area contributed by atoms with Gasteiger partial charge in [-0.05, 0) is 30.3 Å². The molecule has 0 heterocycles. The minimum atomic E-state index is -0.359. The van der Waals surface area contributed by atoms with E-state index in [0.717, 1.165) is 0 Å². The van der Waals surface area contributed by atoms with Crippen LogP contribution in [-0.4, -0.2) is 7.11 Å². The second-order valence-electron chi connectivity index (χ2n) is 3.93. The van der Waals surface area contributed by atoms with E-state index in [2.05, 4.69) is 0 Å². The Labute approximate surface area is 115 Å². The molecule has 0 unspecified atom stereocenters. The predicted molar refractivity (Wildman–Crippen MR) is 73.1 cm³/mol. The van der Waals surface area contributed by atoms with Gasteiger partial charge in [-0.3, -0.25) is 0 Å². The van der Waals surface area contributed by atoms with Crippen LogP contribution >= 0.6 is 11.6 Å². The number of rotatable bonds is 4. The molecule has 0 atom stereocenters. The molecule has 0 fully saturated rings. The van der Waals surface area contributed by atoms with Crippen LogP contribution in [0.1, 0.15) is 5.56 Å². The van der Waals surface area contributed by atoms with E-state index in [-0.39, 0.29) is 12.4 Å². The molecule has 2 aromatic rings. The molecule has 2 N–H and O–H groups in total. The summed E-state index contributed by atoms with van der Waals surface area (Å²) < 4.78 is 23.9. The topological polar surface area (TPSA) is 44.5 Å². The van der Waals surface area contributed by atoms with Crippen molar-refractivity contribution in [3.63, 3.8) is 0 Å². The van der Waals surface area contributed by atoms with Crippen LogP contribution in [-0.2, 0) is 6.61 Å². The molecule has 5 heteroatoms. The van der Waals surface area contributed by atoms with Crippen molar-refractivity contribution >= 4 is 17.3 Å². The third-order valence-corrected chi connectivity index (χ3v) is 2.95. The number of benzene rings is 2. The number of halogens is 2. The highest BCUT2D eigenvalue weighted by molar-refractivity contribution is 6.31. The van der Waals surface area contributed by atoms with E-state index in [1.165, 1.54) is 25.3 Å². The Hall–Kier alpha value is -1.94. The maximum absolute atomic E-state index is 13.1. The van der Waals surface area contributed by atoms with Gasteiger partial charge in [0.25, 0.3) is 0 Å². The number of hydrogen-bond donors (Lipinski definition) is 1. The fourth-order valence-corrected chi connectivity index (χ4v) is 1.79. The first-order chi connectivity index (χ1) is 9.10. The highest BCUT2D eigenvalue weighted by atomic mass is 35.5. The fourth-order valence-electron chi connectivity index (χ4n) is 1.62. The van der Waals surface area contributed by atoms with Crippen molar-refractivity contribution in [2.24, 2.45) is 0 Å². The van der Waals surface area contributed by atoms with Gasteiger partial charge < -0.3 is 15.2 Å². The summed E-state index contributed by atoms with van der Waals surface area (Å²) in [6.45, 7) is 0.135. The Kier molecular flexibility index (Phi) is 4.12. The quantitative estimate of drug-likeness (QED) is 0.870. The number of ether oxygens (including phenoxy) is 2. The number of nitrogens with two attached hydrogens (primary N) is 1. The summed E-state index contributed by atoms with van der Waals surface area (Å²) in [5.41, 5.74) is 6.80. The van der Waals surface area contributed by atoms with E-state index in [1.807, 2.05) is 0 Å². The molecule has 0 aliphatic rings. The third-order valence-electron chi connectivity index (χ3n) is 2.58. The van der Waals surface area contributed by atoms with Crippen LogP contribution in [0.2, 0.25) is 5.02 Å². The largest absolute Gasteiger partial charge is 0.493 e. The number of nitrogen functional groups attached to an aromatic ring is 1. The van der Waals surface area contributed by atoms with Gasteiger partial charge in [0.1, 0.15) is 12.4 Å². The molecule has 2 aromatic carbocycles. The Morgan fingerprint density at radius 2 is 1.95 bits per heavy atom. The Balaban J connectivity index is 2.18. The van der Waals surface area contributed by atoms with Crippen molar-refractivity contribution in [3.05, 3.63) is 52.8 Å². The maximum atomic E-state index is 13.1. The smallest absolute Gasteiger partial charge is 0.163 e. The number of methoxy groups -OCH3 is 1. The van der Waals surface area contributed by atoms with Crippen molar-refractivity contribution in [1.82, 2.24) is 0 Å². The van der Waals surface area contributed by atoms with Crippen molar-refractivity contribution < 1.29 is 13.9 Å². The third kappa shape index (κ3) is 3.29. The van der Waals surface area contributed by atoms with Crippen molar-refractivity contribution in [3.8, 4) is 11.5 Å². The summed E-state index contributed by atoms with van der Waals surface area (Å²) in [6.07, 6.45) is 0. The standard InChI is InChI=1S/C14H13ClFNO2/c1-18-13-5-3-11(17)7-14(13)19-8-9-6-10(16)2-4-12(9)15/h2-7H,8,17H2,1H3. The molecule has 0 amide bonds. The lowest BCUT2D eigenvalue weighted by molar-refractivity contribution is 0.284. The van der Waals surface area contributed by atoms with Crippen molar-refractivity contribution in [2.45, 2.75) is 6.61 Å². The molecule has 0 aliphatic heterocycles. The number of anilines is 1. The van der Waals surface area contributed by atoms with E-state index < -0.39 is 0 Å². The molecule has 2 rings (SSSR count). The van der Waals surface area contributed by atoms with Crippen LogP contribution < -0.4 is 15.2 Å². The Bertz CT molecular complexity index is 590. The average molecular weight is 282 g/mol. The molecular weight excluding hydrogens is 269 g/mol. The predicted octanol–water partition coefficient (Wildman–Crippen LogP) is 3.65. The zero-order valence-corrected chi connectivity index (χ0v) is 11.1. The van der Waals surface area contributed by atoms with Crippen LogP contribution in [0.3, 0.4) is 0 Å². The minimum absolute atomic E-state index is 0.135.